The van der Waals surface area contributed by atoms with Crippen LogP contribution in [0.1, 0.15) is 23.8 Å². The van der Waals surface area contributed by atoms with Crippen molar-refractivity contribution >= 4 is 34.4 Å². The van der Waals surface area contributed by atoms with E-state index in [2.05, 4.69) is 75.8 Å². The van der Waals surface area contributed by atoms with Crippen molar-refractivity contribution < 1.29 is 0 Å². The molecule has 2 aromatic rings. The highest BCUT2D eigenvalue weighted by molar-refractivity contribution is 7.80. The molecular weight excluding hydrogens is 384 g/mol. The lowest BCUT2D eigenvalue weighted by Gasteiger charge is -2.33. The molecule has 1 N–H and O–H groups in total. The number of anilines is 1. The van der Waals surface area contributed by atoms with E-state index in [0.29, 0.717) is 0 Å². The molecule has 0 saturated carbocycles. The van der Waals surface area contributed by atoms with Crippen LogP contribution in [0.5, 0.6) is 0 Å². The number of thiophene rings is 1. The minimum Gasteiger partial charge on any atom is -0.344 e. The molecule has 1 aliphatic heterocycles. The van der Waals surface area contributed by atoms with Gasteiger partial charge in [-0.2, -0.15) is 0 Å². The fourth-order valence-electron chi connectivity index (χ4n) is 3.54. The van der Waals surface area contributed by atoms with Crippen LogP contribution in [-0.2, 0) is 13.0 Å². The zero-order valence-corrected chi connectivity index (χ0v) is 18.7. The molecule has 0 bridgehead atoms. The molecule has 6 heteroatoms. The smallest absolute Gasteiger partial charge is 0.173 e. The Morgan fingerprint density at radius 3 is 2.64 bits per heavy atom. The van der Waals surface area contributed by atoms with Gasteiger partial charge < -0.3 is 20.0 Å². The molecule has 0 atom stereocenters. The first kappa shape index (κ1) is 21.2. The first-order valence-electron chi connectivity index (χ1n) is 10.2. The summed E-state index contributed by atoms with van der Waals surface area (Å²) in [4.78, 5) is 8.66. The van der Waals surface area contributed by atoms with Gasteiger partial charge in [-0.05, 0) is 61.7 Å². The first-order chi connectivity index (χ1) is 13.7. The van der Waals surface area contributed by atoms with Crippen LogP contribution in [0.3, 0.4) is 0 Å². The quantitative estimate of drug-likeness (QED) is 0.651. The summed E-state index contributed by atoms with van der Waals surface area (Å²) >= 11 is 7.62. The minimum absolute atomic E-state index is 0.827. The number of likely N-dealkylation sites (N-methyl/N-ethyl adjacent to an activating group) is 1. The topological polar surface area (TPSA) is 21.8 Å². The molecule has 1 aliphatic rings. The van der Waals surface area contributed by atoms with E-state index in [0.717, 1.165) is 43.3 Å². The lowest BCUT2D eigenvalue weighted by atomic mass is 10.1. The van der Waals surface area contributed by atoms with E-state index >= 15 is 0 Å². The second-order valence-electron chi connectivity index (χ2n) is 7.44. The maximum absolute atomic E-state index is 5.82. The van der Waals surface area contributed by atoms with Crippen LogP contribution in [-0.4, -0.2) is 66.1 Å². The molecule has 0 amide bonds. The highest BCUT2D eigenvalue weighted by atomic mass is 32.1. The van der Waals surface area contributed by atoms with Gasteiger partial charge in [-0.25, -0.2) is 0 Å². The van der Waals surface area contributed by atoms with Crippen molar-refractivity contribution in [1.29, 1.82) is 0 Å². The molecule has 152 valence electrons. The van der Waals surface area contributed by atoms with Gasteiger partial charge in [-0.3, -0.25) is 0 Å². The van der Waals surface area contributed by atoms with Crippen LogP contribution in [0.25, 0.3) is 0 Å². The van der Waals surface area contributed by atoms with Crippen LogP contribution in [0, 0.1) is 0 Å². The number of hydrogen-bond acceptors (Lipinski definition) is 4. The fraction of sp³-hybridized carbons (Fsp3) is 0.500. The van der Waals surface area contributed by atoms with E-state index in [9.17, 15) is 0 Å². The van der Waals surface area contributed by atoms with Crippen molar-refractivity contribution in [2.45, 2.75) is 26.3 Å². The van der Waals surface area contributed by atoms with Gasteiger partial charge >= 0.3 is 0 Å². The van der Waals surface area contributed by atoms with Gasteiger partial charge in [0, 0.05) is 43.3 Å². The third-order valence-electron chi connectivity index (χ3n) is 5.35. The Morgan fingerprint density at radius 2 is 1.93 bits per heavy atom. The van der Waals surface area contributed by atoms with E-state index < -0.39 is 0 Å². The highest BCUT2D eigenvalue weighted by Gasteiger charge is 2.16. The van der Waals surface area contributed by atoms with Gasteiger partial charge in [0.1, 0.15) is 0 Å². The van der Waals surface area contributed by atoms with E-state index in [1.165, 1.54) is 36.6 Å². The van der Waals surface area contributed by atoms with Crippen LogP contribution in [0.15, 0.2) is 41.8 Å². The number of rotatable bonds is 8. The van der Waals surface area contributed by atoms with Gasteiger partial charge in [0.25, 0.3) is 0 Å². The average Bonchev–Trinajstić information content (AvgIpc) is 3.22. The molecule has 1 aromatic heterocycles. The molecule has 4 nitrogen and oxygen atoms in total. The SMILES string of the molecule is CCc1ccccc1NC(=S)N(CCCN1CCN(C)CC1)Cc1cccs1. The summed E-state index contributed by atoms with van der Waals surface area (Å²) in [5.41, 5.74) is 2.43. The summed E-state index contributed by atoms with van der Waals surface area (Å²) in [5, 5.41) is 6.48. The first-order valence-corrected chi connectivity index (χ1v) is 11.5. The Kier molecular flexibility index (Phi) is 8.27. The number of nitrogens with one attached hydrogen (secondary N) is 1. The summed E-state index contributed by atoms with van der Waals surface area (Å²) < 4.78 is 0. The van der Waals surface area contributed by atoms with Crippen LogP contribution in [0.2, 0.25) is 0 Å². The standard InChI is InChI=1S/C22H32N4S2/c1-3-19-8-4-5-10-21(19)23-22(27)26(18-20-9-6-17-28-20)12-7-11-25-15-13-24(2)14-16-25/h4-6,8-10,17H,3,7,11-16,18H2,1-2H3,(H,23,27). The van der Waals surface area contributed by atoms with E-state index in [1.54, 1.807) is 11.3 Å². The summed E-state index contributed by atoms with van der Waals surface area (Å²) in [5.74, 6) is 0. The Hall–Kier alpha value is -1.47. The van der Waals surface area contributed by atoms with Gasteiger partial charge in [-0.15, -0.1) is 11.3 Å². The van der Waals surface area contributed by atoms with Gasteiger partial charge in [-0.1, -0.05) is 31.2 Å². The molecule has 0 radical (unpaired) electrons. The van der Waals surface area contributed by atoms with Crippen molar-refractivity contribution in [3.63, 3.8) is 0 Å². The molecule has 0 spiro atoms. The Labute approximate surface area is 179 Å². The lowest BCUT2D eigenvalue weighted by molar-refractivity contribution is 0.150. The number of piperazine rings is 1. The predicted octanol–water partition coefficient (Wildman–Crippen LogP) is 4.15. The van der Waals surface area contributed by atoms with Gasteiger partial charge in [0.15, 0.2) is 5.11 Å². The van der Waals surface area contributed by atoms with Crippen molar-refractivity contribution in [2.24, 2.45) is 0 Å². The third kappa shape index (κ3) is 6.27. The molecule has 3 rings (SSSR count). The predicted molar refractivity (Wildman–Crippen MR) is 125 cm³/mol. The Morgan fingerprint density at radius 1 is 1.14 bits per heavy atom. The third-order valence-corrected chi connectivity index (χ3v) is 6.57. The maximum atomic E-state index is 5.82. The summed E-state index contributed by atoms with van der Waals surface area (Å²) in [7, 11) is 2.21. The van der Waals surface area contributed by atoms with E-state index in [1.807, 2.05) is 0 Å². The largest absolute Gasteiger partial charge is 0.344 e. The van der Waals surface area contributed by atoms with Gasteiger partial charge in [0.2, 0.25) is 0 Å². The van der Waals surface area contributed by atoms with Crippen molar-refractivity contribution in [1.82, 2.24) is 14.7 Å². The number of thiocarbonyl (C=S) groups is 1. The summed E-state index contributed by atoms with van der Waals surface area (Å²) in [6, 6.07) is 12.8. The molecule has 1 aromatic carbocycles. The molecule has 1 saturated heterocycles. The van der Waals surface area contributed by atoms with Crippen LogP contribution in [0.4, 0.5) is 5.69 Å². The van der Waals surface area contributed by atoms with Crippen molar-refractivity contribution in [3.05, 3.63) is 52.2 Å². The van der Waals surface area contributed by atoms with Crippen molar-refractivity contribution in [3.8, 4) is 0 Å². The summed E-state index contributed by atoms with van der Waals surface area (Å²) in [6.07, 6.45) is 2.13. The monoisotopic (exact) mass is 416 g/mol. The van der Waals surface area contributed by atoms with E-state index in [-0.39, 0.29) is 0 Å². The number of nitrogens with zero attached hydrogens (tertiary/aromatic N) is 3. The second-order valence-corrected chi connectivity index (χ2v) is 8.86. The number of aryl methyl sites for hydroxylation is 1. The Balaban J connectivity index is 1.58. The number of benzene rings is 1. The fourth-order valence-corrected chi connectivity index (χ4v) is 4.53. The Bertz CT molecular complexity index is 724. The minimum atomic E-state index is 0.827. The lowest BCUT2D eigenvalue weighted by Crippen LogP contribution is -2.45. The highest BCUT2D eigenvalue weighted by Crippen LogP contribution is 2.18. The molecular formula is C22H32N4S2. The second kappa shape index (κ2) is 10.9. The number of hydrogen-bond donors (Lipinski definition) is 1. The zero-order valence-electron chi connectivity index (χ0n) is 17.1. The molecule has 0 unspecified atom stereocenters. The summed E-state index contributed by atoms with van der Waals surface area (Å²) in [6.45, 7) is 9.87. The molecule has 1 fully saturated rings. The van der Waals surface area contributed by atoms with Crippen molar-refractivity contribution in [2.75, 3.05) is 51.6 Å². The molecule has 0 aliphatic carbocycles. The van der Waals surface area contributed by atoms with Crippen LogP contribution >= 0.6 is 23.6 Å². The maximum Gasteiger partial charge on any atom is 0.173 e. The zero-order chi connectivity index (χ0) is 19.8. The number of para-hydroxylation sites is 1. The van der Waals surface area contributed by atoms with Crippen LogP contribution < -0.4 is 5.32 Å². The normalized spacial score (nSPS) is 15.5. The molecule has 28 heavy (non-hydrogen) atoms. The van der Waals surface area contributed by atoms with Gasteiger partial charge in [0.05, 0.1) is 6.54 Å². The van der Waals surface area contributed by atoms with E-state index in [4.69, 9.17) is 12.2 Å². The average molecular weight is 417 g/mol. The molecule has 2 heterocycles.